The van der Waals surface area contributed by atoms with Gasteiger partial charge in [-0.15, -0.1) is 0 Å². The van der Waals surface area contributed by atoms with Gasteiger partial charge in [0.2, 0.25) is 15.9 Å². The summed E-state index contributed by atoms with van der Waals surface area (Å²) in [4.78, 5) is 13.3. The van der Waals surface area contributed by atoms with Crippen molar-refractivity contribution in [1.29, 1.82) is 0 Å². The summed E-state index contributed by atoms with van der Waals surface area (Å²) >= 11 is 0. The lowest BCUT2D eigenvalue weighted by atomic mass is 10.0. The zero-order valence-corrected chi connectivity index (χ0v) is 20.5. The third kappa shape index (κ3) is 6.16. The summed E-state index contributed by atoms with van der Waals surface area (Å²) in [7, 11) is -2.09. The monoisotopic (exact) mass is 462 g/mol. The van der Waals surface area contributed by atoms with Crippen molar-refractivity contribution in [2.24, 2.45) is 0 Å². The van der Waals surface area contributed by atoms with Crippen molar-refractivity contribution in [2.75, 3.05) is 24.3 Å². The largest absolute Gasteiger partial charge is 0.496 e. The fraction of sp³-hybridized carbons (Fsp3) is 0.458. The minimum Gasteiger partial charge on any atom is -0.496 e. The second-order valence-electron chi connectivity index (χ2n) is 7.61. The highest BCUT2D eigenvalue weighted by Gasteiger charge is 2.32. The molecule has 2 atom stereocenters. The molecule has 0 radical (unpaired) electrons. The Hall–Kier alpha value is -2.74. The summed E-state index contributed by atoms with van der Waals surface area (Å²) in [6, 6.07) is 11.4. The van der Waals surface area contributed by atoms with E-state index in [1.807, 2.05) is 39.0 Å². The first-order chi connectivity index (χ1) is 15.2. The van der Waals surface area contributed by atoms with Crippen LogP contribution in [0.15, 0.2) is 42.5 Å². The second-order valence-corrected chi connectivity index (χ2v) is 9.47. The molecule has 0 saturated carbocycles. The number of hydrogen-bond donors (Lipinski definition) is 1. The van der Waals surface area contributed by atoms with Gasteiger partial charge in [0.05, 0.1) is 31.7 Å². The molecule has 0 aromatic heterocycles. The van der Waals surface area contributed by atoms with E-state index in [4.69, 9.17) is 9.47 Å². The number of benzene rings is 2. The minimum absolute atomic E-state index is 0.247. The van der Waals surface area contributed by atoms with Crippen LogP contribution in [0.2, 0.25) is 0 Å². The number of carbonyl (C=O) groups is 1. The number of ether oxygens (including phenoxy) is 2. The van der Waals surface area contributed by atoms with Crippen LogP contribution in [0.25, 0.3) is 0 Å². The lowest BCUT2D eigenvalue weighted by Crippen LogP contribution is -2.50. The summed E-state index contributed by atoms with van der Waals surface area (Å²) in [6.45, 7) is 8.12. The Bertz CT molecular complexity index is 1010. The minimum atomic E-state index is -3.71. The molecule has 176 valence electrons. The number of carbonyl (C=O) groups excluding carboxylic acids is 1. The van der Waals surface area contributed by atoms with Crippen molar-refractivity contribution in [3.8, 4) is 11.5 Å². The van der Waals surface area contributed by atoms with Crippen LogP contribution in [-0.4, -0.2) is 40.3 Å². The molecule has 0 spiro atoms. The zero-order valence-electron chi connectivity index (χ0n) is 19.7. The van der Waals surface area contributed by atoms with E-state index in [1.165, 1.54) is 4.31 Å². The Balaban J connectivity index is 2.33. The second kappa shape index (κ2) is 11.2. The van der Waals surface area contributed by atoms with E-state index in [0.717, 1.165) is 23.1 Å². The van der Waals surface area contributed by atoms with Crippen LogP contribution in [0.3, 0.4) is 0 Å². The summed E-state index contributed by atoms with van der Waals surface area (Å²) in [5.41, 5.74) is 2.34. The highest BCUT2D eigenvalue weighted by atomic mass is 32.2. The number of anilines is 1. The maximum Gasteiger partial charge on any atom is 0.244 e. The molecule has 0 aliphatic heterocycles. The maximum absolute atomic E-state index is 13.3. The van der Waals surface area contributed by atoms with Crippen molar-refractivity contribution < 1.29 is 22.7 Å². The lowest BCUT2D eigenvalue weighted by Gasteiger charge is -2.31. The Morgan fingerprint density at radius 1 is 1.06 bits per heavy atom. The smallest absolute Gasteiger partial charge is 0.244 e. The fourth-order valence-electron chi connectivity index (χ4n) is 3.72. The van der Waals surface area contributed by atoms with E-state index in [2.05, 4.69) is 5.32 Å². The van der Waals surface area contributed by atoms with E-state index in [-0.39, 0.29) is 11.9 Å². The van der Waals surface area contributed by atoms with E-state index >= 15 is 0 Å². The fourth-order valence-corrected chi connectivity index (χ4v) is 4.94. The number of hydrogen-bond acceptors (Lipinski definition) is 5. The number of sulfonamides is 1. The first-order valence-corrected chi connectivity index (χ1v) is 12.7. The molecule has 2 rings (SSSR count). The molecule has 2 aromatic rings. The van der Waals surface area contributed by atoms with Crippen LogP contribution in [0.4, 0.5) is 5.69 Å². The Labute approximate surface area is 191 Å². The molecule has 32 heavy (non-hydrogen) atoms. The first kappa shape index (κ1) is 25.5. The van der Waals surface area contributed by atoms with Gasteiger partial charge in [-0.1, -0.05) is 26.0 Å². The van der Waals surface area contributed by atoms with Gasteiger partial charge in [-0.3, -0.25) is 9.10 Å². The molecule has 0 bridgehead atoms. The number of aryl methyl sites for hydroxylation is 1. The average Bonchev–Trinajstić information content (AvgIpc) is 2.75. The number of nitrogens with one attached hydrogen (secondary N) is 1. The zero-order chi connectivity index (χ0) is 23.9. The number of rotatable bonds is 11. The SMILES string of the molecule is CCOc1ccc(N([C@@H](CC)C(=O)N[C@@H](CC)c2ccc(OC)c(C)c2)S(C)(=O)=O)cc1. The summed E-state index contributed by atoms with van der Waals surface area (Å²) < 4.78 is 37.3. The Morgan fingerprint density at radius 3 is 2.19 bits per heavy atom. The van der Waals surface area contributed by atoms with Crippen LogP contribution in [-0.2, 0) is 14.8 Å². The van der Waals surface area contributed by atoms with Gasteiger partial charge in [0, 0.05) is 0 Å². The van der Waals surface area contributed by atoms with Gasteiger partial charge in [-0.05, 0) is 68.1 Å². The van der Waals surface area contributed by atoms with Crippen molar-refractivity contribution >= 4 is 21.6 Å². The van der Waals surface area contributed by atoms with Gasteiger partial charge in [0.15, 0.2) is 0 Å². The lowest BCUT2D eigenvalue weighted by molar-refractivity contribution is -0.123. The normalized spacial score (nSPS) is 13.2. The molecule has 0 aliphatic carbocycles. The molecule has 0 heterocycles. The number of amides is 1. The van der Waals surface area contributed by atoms with Crippen molar-refractivity contribution in [1.82, 2.24) is 5.32 Å². The summed E-state index contributed by atoms with van der Waals surface area (Å²) in [5.74, 6) is 1.08. The van der Waals surface area contributed by atoms with E-state index in [1.54, 1.807) is 38.3 Å². The quantitative estimate of drug-likeness (QED) is 0.541. The van der Waals surface area contributed by atoms with Gasteiger partial charge in [0.1, 0.15) is 17.5 Å². The highest BCUT2D eigenvalue weighted by Crippen LogP contribution is 2.27. The van der Waals surface area contributed by atoms with Gasteiger partial charge >= 0.3 is 0 Å². The third-order valence-electron chi connectivity index (χ3n) is 5.28. The maximum atomic E-state index is 13.3. The number of nitrogens with zero attached hydrogens (tertiary/aromatic N) is 1. The Kier molecular flexibility index (Phi) is 8.95. The van der Waals surface area contributed by atoms with Crippen molar-refractivity contribution in [3.05, 3.63) is 53.6 Å². The van der Waals surface area contributed by atoms with Crippen LogP contribution >= 0.6 is 0 Å². The average molecular weight is 463 g/mol. The topological polar surface area (TPSA) is 84.9 Å². The molecule has 2 aromatic carbocycles. The van der Waals surface area contributed by atoms with E-state index in [9.17, 15) is 13.2 Å². The molecule has 8 heteroatoms. The molecule has 0 aliphatic rings. The van der Waals surface area contributed by atoms with Gasteiger partial charge in [-0.25, -0.2) is 8.42 Å². The number of methoxy groups -OCH3 is 1. The van der Waals surface area contributed by atoms with E-state index < -0.39 is 16.1 Å². The molecule has 0 saturated heterocycles. The first-order valence-electron chi connectivity index (χ1n) is 10.8. The highest BCUT2D eigenvalue weighted by molar-refractivity contribution is 7.92. The van der Waals surface area contributed by atoms with Gasteiger partial charge in [-0.2, -0.15) is 0 Å². The van der Waals surface area contributed by atoms with Crippen LogP contribution < -0.4 is 19.1 Å². The molecule has 0 unspecified atom stereocenters. The molecule has 1 N–H and O–H groups in total. The van der Waals surface area contributed by atoms with Crippen molar-refractivity contribution in [3.63, 3.8) is 0 Å². The third-order valence-corrected chi connectivity index (χ3v) is 6.46. The van der Waals surface area contributed by atoms with Gasteiger partial charge in [0.25, 0.3) is 0 Å². The predicted octanol–water partition coefficient (Wildman–Crippen LogP) is 4.21. The van der Waals surface area contributed by atoms with Crippen LogP contribution in [0, 0.1) is 6.92 Å². The molecule has 0 fully saturated rings. The molecule has 1 amide bonds. The standard InChI is InChI=1S/C24H34N2O5S/c1-7-21(18-10-15-23(30-5)17(4)16-18)25-24(27)22(8-2)26(32(6,28)29)19-11-13-20(14-12-19)31-9-3/h10-16,21-22H,7-9H2,1-6H3,(H,25,27)/t21-,22-/m0/s1. The molecular formula is C24H34N2O5S. The summed E-state index contributed by atoms with van der Waals surface area (Å²) in [5, 5.41) is 3.04. The predicted molar refractivity (Wildman–Crippen MR) is 128 cm³/mol. The molecular weight excluding hydrogens is 428 g/mol. The van der Waals surface area contributed by atoms with Crippen LogP contribution in [0.5, 0.6) is 11.5 Å². The Morgan fingerprint density at radius 2 is 1.72 bits per heavy atom. The summed E-state index contributed by atoms with van der Waals surface area (Å²) in [6.07, 6.45) is 2.10. The molecule has 7 nitrogen and oxygen atoms in total. The van der Waals surface area contributed by atoms with Gasteiger partial charge < -0.3 is 14.8 Å². The van der Waals surface area contributed by atoms with Crippen LogP contribution in [0.1, 0.15) is 50.8 Å². The van der Waals surface area contributed by atoms with Crippen molar-refractivity contribution in [2.45, 2.75) is 52.6 Å². The van der Waals surface area contributed by atoms with E-state index in [0.29, 0.717) is 30.9 Å².